The molecule has 0 aliphatic heterocycles. The number of rotatable bonds is 0. The predicted molar refractivity (Wildman–Crippen MR) is 54.3 cm³/mol. The van der Waals surface area contributed by atoms with E-state index in [9.17, 15) is 51.2 Å². The molecular weight excluding hydrogens is 436 g/mol. The van der Waals surface area contributed by atoms with Crippen molar-refractivity contribution in [2.24, 2.45) is 0 Å². The van der Waals surface area contributed by atoms with Gasteiger partial charge in [-0.2, -0.15) is 61.8 Å². The average molecular weight is 438 g/mol. The van der Waals surface area contributed by atoms with Crippen LogP contribution in [0.5, 0.6) is 0 Å². The second kappa shape index (κ2) is 10.3. The Labute approximate surface area is 129 Å². The lowest BCUT2D eigenvalue weighted by molar-refractivity contribution is -0.389. The Bertz CT molecular complexity index is 414. The van der Waals surface area contributed by atoms with Crippen molar-refractivity contribution in [3.63, 3.8) is 0 Å². The molecular formula is C4H2F12O4S3. The standard InChI is InChI=1S/C3F8.CF2O2S.F2O2S.H2S/c4-1(5,2(6,7)8)3(9,10)11;2-1(4)6(3)5;1-5(2,3)4;/h;;;1H2. The van der Waals surface area contributed by atoms with Crippen molar-refractivity contribution in [1.82, 2.24) is 0 Å². The molecule has 0 heterocycles. The van der Waals surface area contributed by atoms with Crippen molar-refractivity contribution in [3.05, 3.63) is 0 Å². The van der Waals surface area contributed by atoms with Gasteiger partial charge in [-0.3, -0.25) is 0 Å². The molecule has 0 bridgehead atoms. The lowest BCUT2D eigenvalue weighted by Crippen LogP contribution is -2.49. The van der Waals surface area contributed by atoms with E-state index in [4.69, 9.17) is 17.8 Å². The first-order valence-electron chi connectivity index (χ1n) is 3.57. The fourth-order valence-electron chi connectivity index (χ4n) is 0.161. The van der Waals surface area contributed by atoms with Gasteiger partial charge in [0.05, 0.1) is 0 Å². The molecule has 0 aliphatic rings. The SMILES string of the molecule is FC(F)(F)C(F)(F)C(F)(F)F.O=C(F)[S+]([O-])F.O=S(=O)(F)F.S. The third-order valence-corrected chi connectivity index (χ3v) is 1.09. The molecule has 0 fully saturated rings. The molecule has 0 rings (SSSR count). The zero-order valence-electron chi connectivity index (χ0n) is 9.49. The Kier molecular flexibility index (Phi) is 13.6. The van der Waals surface area contributed by atoms with Gasteiger partial charge >= 0.3 is 34.3 Å². The van der Waals surface area contributed by atoms with Gasteiger partial charge in [-0.15, -0.1) is 4.39 Å². The van der Waals surface area contributed by atoms with Crippen LogP contribution in [0, 0.1) is 0 Å². The zero-order chi connectivity index (χ0) is 19.2. The van der Waals surface area contributed by atoms with Crippen LogP contribution in [0.4, 0.5) is 56.0 Å². The van der Waals surface area contributed by atoms with Gasteiger partial charge in [0.15, 0.2) is 0 Å². The second-order valence-electron chi connectivity index (χ2n) is 2.41. The molecule has 0 amide bonds. The van der Waals surface area contributed by atoms with Crippen LogP contribution in [0.15, 0.2) is 0 Å². The molecule has 0 aromatic heterocycles. The first kappa shape index (κ1) is 30.3. The van der Waals surface area contributed by atoms with E-state index in [1.54, 1.807) is 0 Å². The van der Waals surface area contributed by atoms with Crippen molar-refractivity contribution in [3.8, 4) is 0 Å². The van der Waals surface area contributed by atoms with Crippen LogP contribution >= 0.6 is 13.5 Å². The Hall–Kier alpha value is -0.560. The van der Waals surface area contributed by atoms with Crippen molar-refractivity contribution in [2.45, 2.75) is 18.3 Å². The summed E-state index contributed by atoms with van der Waals surface area (Å²) in [5, 5.41) is -2.44. The monoisotopic (exact) mass is 438 g/mol. The lowest BCUT2D eigenvalue weighted by atomic mass is 10.3. The van der Waals surface area contributed by atoms with Crippen LogP contribution in [0.1, 0.15) is 0 Å². The molecule has 0 aromatic rings. The number of carbonyl (C=O) groups excluding carboxylic acids is 1. The molecule has 0 spiro atoms. The van der Waals surface area contributed by atoms with Gasteiger partial charge < -0.3 is 4.55 Å². The highest BCUT2D eigenvalue weighted by molar-refractivity contribution is 8.01. The molecule has 0 aromatic carbocycles. The van der Waals surface area contributed by atoms with E-state index in [0.29, 0.717) is 0 Å². The lowest BCUT2D eigenvalue weighted by Gasteiger charge is -2.21. The predicted octanol–water partition coefficient (Wildman–Crippen LogP) is 3.74. The minimum atomic E-state index is -6.62. The highest BCUT2D eigenvalue weighted by atomic mass is 32.3. The molecule has 0 saturated heterocycles. The van der Waals surface area contributed by atoms with Crippen LogP contribution in [0.3, 0.4) is 0 Å². The molecule has 1 atom stereocenters. The summed E-state index contributed by atoms with van der Waals surface area (Å²) in [6, 6.07) is 0. The summed E-state index contributed by atoms with van der Waals surface area (Å²) in [6.07, 6.45) is -13.2. The summed E-state index contributed by atoms with van der Waals surface area (Å²) in [5.74, 6) is -6.62. The maximum Gasteiger partial charge on any atom is 0.556 e. The van der Waals surface area contributed by atoms with Gasteiger partial charge in [-0.05, 0) is 0 Å². The third-order valence-electron chi connectivity index (χ3n) is 0.838. The fourth-order valence-corrected chi connectivity index (χ4v) is 0.161. The van der Waals surface area contributed by atoms with E-state index in [-0.39, 0.29) is 13.5 Å². The van der Waals surface area contributed by atoms with Gasteiger partial charge in [-0.1, -0.05) is 7.77 Å². The highest BCUT2D eigenvalue weighted by Crippen LogP contribution is 2.46. The molecule has 1 unspecified atom stereocenters. The zero-order valence-corrected chi connectivity index (χ0v) is 12.1. The summed E-state index contributed by atoms with van der Waals surface area (Å²) in [4.78, 5) is 8.80. The molecule has 4 nitrogen and oxygen atoms in total. The Morgan fingerprint density at radius 3 is 1.00 bits per heavy atom. The number of halogens is 12. The summed E-state index contributed by atoms with van der Waals surface area (Å²) in [7, 11) is -5.67. The quantitative estimate of drug-likeness (QED) is 0.328. The summed E-state index contributed by atoms with van der Waals surface area (Å²) in [6.45, 7) is 0. The number of hydrogen-bond donors (Lipinski definition) is 0. The highest BCUT2D eigenvalue weighted by Gasteiger charge is 2.74. The number of hydrogen-bond acceptors (Lipinski definition) is 4. The van der Waals surface area contributed by atoms with E-state index in [2.05, 4.69) is 0 Å². The molecule has 0 aliphatic carbocycles. The topological polar surface area (TPSA) is 74.3 Å². The van der Waals surface area contributed by atoms with Gasteiger partial charge in [-0.25, -0.2) is 0 Å². The Morgan fingerprint density at radius 2 is 1.00 bits per heavy atom. The van der Waals surface area contributed by atoms with Crippen molar-refractivity contribution >= 4 is 41.0 Å². The smallest absolute Gasteiger partial charge is 0.556 e. The Balaban J connectivity index is -0.000000128. The molecule has 0 saturated carbocycles. The third kappa shape index (κ3) is 17.6. The summed E-state index contributed by atoms with van der Waals surface area (Å²) in [5.41, 5.74) is 0. The van der Waals surface area contributed by atoms with Gasteiger partial charge in [0.2, 0.25) is 0 Å². The van der Waals surface area contributed by atoms with Gasteiger partial charge in [0, 0.05) is 3.89 Å². The van der Waals surface area contributed by atoms with E-state index in [0.717, 1.165) is 0 Å². The van der Waals surface area contributed by atoms with E-state index in [1.165, 1.54) is 0 Å². The molecule has 23 heavy (non-hydrogen) atoms. The Morgan fingerprint density at radius 1 is 0.870 bits per heavy atom. The van der Waals surface area contributed by atoms with Gasteiger partial charge in [0.25, 0.3) is 11.6 Å². The normalized spacial score (nSPS) is 13.4. The molecule has 19 heteroatoms. The largest absolute Gasteiger partial charge is 0.570 e. The number of alkyl halides is 8. The van der Waals surface area contributed by atoms with E-state index < -0.39 is 45.8 Å². The first-order chi connectivity index (χ1) is 9.14. The van der Waals surface area contributed by atoms with Crippen LogP contribution in [0.2, 0.25) is 0 Å². The molecule has 0 radical (unpaired) electrons. The average Bonchev–Trinajstić information content (AvgIpc) is 2.11. The number of carbonyl (C=O) groups is 1. The molecule has 144 valence electrons. The first-order valence-corrected chi connectivity index (χ1v) is 5.91. The minimum absolute atomic E-state index is 0. The maximum atomic E-state index is 11.2. The van der Waals surface area contributed by atoms with Crippen molar-refractivity contribution in [2.75, 3.05) is 0 Å². The second-order valence-corrected chi connectivity index (χ2v) is 3.93. The van der Waals surface area contributed by atoms with Crippen molar-refractivity contribution < 1.29 is 68.9 Å². The van der Waals surface area contributed by atoms with Crippen LogP contribution in [0.25, 0.3) is 0 Å². The van der Waals surface area contributed by atoms with Crippen LogP contribution in [-0.2, 0) is 22.2 Å². The van der Waals surface area contributed by atoms with E-state index >= 15 is 0 Å². The maximum absolute atomic E-state index is 11.2. The van der Waals surface area contributed by atoms with Crippen LogP contribution in [-0.4, -0.2) is 36.6 Å². The van der Waals surface area contributed by atoms with Crippen LogP contribution < -0.4 is 0 Å². The van der Waals surface area contributed by atoms with Crippen molar-refractivity contribution in [1.29, 1.82) is 0 Å². The summed E-state index contributed by atoms with van der Waals surface area (Å²) >= 11 is -3.42. The minimum Gasteiger partial charge on any atom is -0.570 e. The molecule has 0 N–H and O–H groups in total. The van der Waals surface area contributed by atoms with Gasteiger partial charge in [0.1, 0.15) is 0 Å². The van der Waals surface area contributed by atoms with E-state index in [1.807, 2.05) is 0 Å². The fraction of sp³-hybridized carbons (Fsp3) is 0.750. The summed E-state index contributed by atoms with van der Waals surface area (Å²) < 4.78 is 154.